The Labute approximate surface area is 174 Å². The van der Waals surface area contributed by atoms with Crippen molar-refractivity contribution < 1.29 is 9.53 Å². The Kier molecular flexibility index (Phi) is 5.50. The predicted octanol–water partition coefficient (Wildman–Crippen LogP) is 4.14. The highest BCUT2D eigenvalue weighted by Gasteiger charge is 2.46. The summed E-state index contributed by atoms with van der Waals surface area (Å²) in [5.74, 6) is 0.0622. The normalized spacial score (nSPS) is 18.3. The minimum atomic E-state index is 0.0622. The summed E-state index contributed by atoms with van der Waals surface area (Å²) in [7, 11) is 1.59. The van der Waals surface area contributed by atoms with E-state index in [1.807, 2.05) is 4.90 Å². The van der Waals surface area contributed by atoms with Gasteiger partial charge in [0.15, 0.2) is 0 Å². The zero-order chi connectivity index (χ0) is 20.6. The van der Waals surface area contributed by atoms with Crippen molar-refractivity contribution in [1.29, 1.82) is 0 Å². The van der Waals surface area contributed by atoms with Crippen LogP contribution in [-0.4, -0.2) is 44.2 Å². The van der Waals surface area contributed by atoms with E-state index in [-0.39, 0.29) is 17.9 Å². The Morgan fingerprint density at radius 3 is 2.34 bits per heavy atom. The van der Waals surface area contributed by atoms with Gasteiger partial charge in [0, 0.05) is 31.3 Å². The average Bonchev–Trinajstić information content (AvgIpc) is 2.97. The molecule has 2 aliphatic heterocycles. The number of anilines is 1. The number of carbonyl (C=O) groups excluding carboxylic acids is 1. The molecular formula is C25H32N2O2. The standard InChI is InChI=1S/C25H32N2O2/c1-18-5-6-23-22(14-18)25(17-27(23)24(28)16-29-4)7-9-26(10-8-25)15-21-12-19(2)11-20(3)13-21/h5-6,11-14H,7-10,15-17H2,1-4H3. The van der Waals surface area contributed by atoms with Crippen molar-refractivity contribution in [3.8, 4) is 0 Å². The summed E-state index contributed by atoms with van der Waals surface area (Å²) >= 11 is 0. The second-order valence-corrected chi connectivity index (χ2v) is 8.99. The summed E-state index contributed by atoms with van der Waals surface area (Å²) in [5, 5.41) is 0. The van der Waals surface area contributed by atoms with Gasteiger partial charge in [0.25, 0.3) is 5.91 Å². The maximum atomic E-state index is 12.7. The molecule has 0 unspecified atom stereocenters. The molecule has 2 heterocycles. The van der Waals surface area contributed by atoms with E-state index in [9.17, 15) is 4.79 Å². The van der Waals surface area contributed by atoms with Gasteiger partial charge in [0.2, 0.25) is 0 Å². The lowest BCUT2D eigenvalue weighted by Gasteiger charge is -2.40. The van der Waals surface area contributed by atoms with Crippen LogP contribution in [0.25, 0.3) is 0 Å². The van der Waals surface area contributed by atoms with Crippen molar-refractivity contribution in [2.24, 2.45) is 0 Å². The van der Waals surface area contributed by atoms with E-state index in [0.29, 0.717) is 0 Å². The van der Waals surface area contributed by atoms with Crippen LogP contribution in [0.2, 0.25) is 0 Å². The molecule has 0 aliphatic carbocycles. The minimum absolute atomic E-state index is 0.0622. The maximum Gasteiger partial charge on any atom is 0.252 e. The summed E-state index contributed by atoms with van der Waals surface area (Å²) in [6, 6.07) is 13.4. The lowest BCUT2D eigenvalue weighted by atomic mass is 9.74. The Morgan fingerprint density at radius 1 is 1.00 bits per heavy atom. The molecule has 4 heteroatoms. The smallest absolute Gasteiger partial charge is 0.252 e. The second-order valence-electron chi connectivity index (χ2n) is 8.99. The number of hydrogen-bond acceptors (Lipinski definition) is 3. The molecule has 1 spiro atoms. The largest absolute Gasteiger partial charge is 0.375 e. The van der Waals surface area contributed by atoms with Gasteiger partial charge in [-0.1, -0.05) is 47.0 Å². The van der Waals surface area contributed by atoms with Gasteiger partial charge < -0.3 is 9.64 Å². The number of piperidine rings is 1. The Morgan fingerprint density at radius 2 is 1.69 bits per heavy atom. The van der Waals surface area contributed by atoms with Gasteiger partial charge >= 0.3 is 0 Å². The molecule has 0 N–H and O–H groups in total. The number of aryl methyl sites for hydroxylation is 3. The van der Waals surface area contributed by atoms with Crippen molar-refractivity contribution in [2.45, 2.75) is 45.6 Å². The zero-order valence-corrected chi connectivity index (χ0v) is 18.1. The number of ether oxygens (including phenoxy) is 1. The Hall–Kier alpha value is -2.17. The first kappa shape index (κ1) is 20.1. The lowest BCUT2D eigenvalue weighted by Crippen LogP contribution is -2.46. The fourth-order valence-corrected chi connectivity index (χ4v) is 5.19. The molecule has 2 aromatic carbocycles. The van der Waals surface area contributed by atoms with Crippen LogP contribution in [0, 0.1) is 20.8 Å². The van der Waals surface area contributed by atoms with Crippen LogP contribution in [0.5, 0.6) is 0 Å². The number of fused-ring (bicyclic) bond motifs is 2. The summed E-state index contributed by atoms with van der Waals surface area (Å²) in [6.07, 6.45) is 2.18. The molecule has 2 aliphatic rings. The summed E-state index contributed by atoms with van der Waals surface area (Å²) in [6.45, 7) is 10.5. The first-order valence-corrected chi connectivity index (χ1v) is 10.6. The molecule has 0 atom stereocenters. The summed E-state index contributed by atoms with van der Waals surface area (Å²) in [4.78, 5) is 17.2. The Bertz CT molecular complexity index is 893. The van der Waals surface area contributed by atoms with Crippen LogP contribution in [0.15, 0.2) is 36.4 Å². The third-order valence-corrected chi connectivity index (χ3v) is 6.54. The fourth-order valence-electron chi connectivity index (χ4n) is 5.19. The lowest BCUT2D eigenvalue weighted by molar-refractivity contribution is -0.122. The molecule has 4 rings (SSSR count). The molecule has 2 aromatic rings. The molecule has 29 heavy (non-hydrogen) atoms. The fraction of sp³-hybridized carbons (Fsp3) is 0.480. The molecule has 0 radical (unpaired) electrons. The van der Waals surface area contributed by atoms with Crippen molar-refractivity contribution in [2.75, 3.05) is 38.3 Å². The number of hydrogen-bond donors (Lipinski definition) is 0. The predicted molar refractivity (Wildman–Crippen MR) is 118 cm³/mol. The topological polar surface area (TPSA) is 32.8 Å². The molecule has 1 fully saturated rings. The summed E-state index contributed by atoms with van der Waals surface area (Å²) in [5.41, 5.74) is 7.85. The zero-order valence-electron chi connectivity index (χ0n) is 18.1. The van der Waals surface area contributed by atoms with Crippen LogP contribution < -0.4 is 4.90 Å². The van der Waals surface area contributed by atoms with Crippen LogP contribution in [0.3, 0.4) is 0 Å². The average molecular weight is 393 g/mol. The van der Waals surface area contributed by atoms with Crippen molar-refractivity contribution >= 4 is 11.6 Å². The third kappa shape index (κ3) is 3.96. The number of carbonyl (C=O) groups is 1. The highest BCUT2D eigenvalue weighted by atomic mass is 16.5. The first-order valence-electron chi connectivity index (χ1n) is 10.6. The summed E-state index contributed by atoms with van der Waals surface area (Å²) < 4.78 is 5.13. The van der Waals surface area contributed by atoms with E-state index in [4.69, 9.17) is 4.74 Å². The van der Waals surface area contributed by atoms with Crippen LogP contribution in [0.1, 0.15) is 40.7 Å². The van der Waals surface area contributed by atoms with E-state index in [1.54, 1.807) is 7.11 Å². The van der Waals surface area contributed by atoms with Crippen LogP contribution in [-0.2, 0) is 21.5 Å². The van der Waals surface area contributed by atoms with Gasteiger partial charge in [-0.15, -0.1) is 0 Å². The quantitative estimate of drug-likeness (QED) is 0.784. The van der Waals surface area contributed by atoms with Crippen molar-refractivity contribution in [1.82, 2.24) is 4.90 Å². The molecule has 1 amide bonds. The van der Waals surface area contributed by atoms with Gasteiger partial charge in [0.1, 0.15) is 6.61 Å². The number of likely N-dealkylation sites (tertiary alicyclic amines) is 1. The second kappa shape index (κ2) is 7.92. The highest BCUT2D eigenvalue weighted by Crippen LogP contribution is 2.47. The number of amides is 1. The van der Waals surface area contributed by atoms with Crippen molar-refractivity contribution in [3.05, 3.63) is 64.2 Å². The van der Waals surface area contributed by atoms with Gasteiger partial charge in [-0.2, -0.15) is 0 Å². The van der Waals surface area contributed by atoms with E-state index in [0.717, 1.165) is 44.7 Å². The van der Waals surface area contributed by atoms with E-state index < -0.39 is 0 Å². The van der Waals surface area contributed by atoms with E-state index in [2.05, 4.69) is 62.1 Å². The molecule has 0 aromatic heterocycles. The number of benzene rings is 2. The van der Waals surface area contributed by atoms with Gasteiger partial charge in [0.05, 0.1) is 0 Å². The molecule has 154 valence electrons. The highest BCUT2D eigenvalue weighted by molar-refractivity contribution is 5.97. The van der Waals surface area contributed by atoms with Crippen LogP contribution in [0.4, 0.5) is 5.69 Å². The monoisotopic (exact) mass is 392 g/mol. The van der Waals surface area contributed by atoms with Crippen molar-refractivity contribution in [3.63, 3.8) is 0 Å². The van der Waals surface area contributed by atoms with E-state index in [1.165, 1.54) is 27.8 Å². The van der Waals surface area contributed by atoms with Gasteiger partial charge in [-0.3, -0.25) is 9.69 Å². The van der Waals surface area contributed by atoms with Crippen LogP contribution >= 0.6 is 0 Å². The maximum absolute atomic E-state index is 12.7. The Balaban J connectivity index is 1.52. The molecular weight excluding hydrogens is 360 g/mol. The molecule has 4 nitrogen and oxygen atoms in total. The number of methoxy groups -OCH3 is 1. The minimum Gasteiger partial charge on any atom is -0.375 e. The molecule has 0 saturated carbocycles. The molecule has 1 saturated heterocycles. The third-order valence-electron chi connectivity index (χ3n) is 6.54. The number of rotatable bonds is 4. The van der Waals surface area contributed by atoms with E-state index >= 15 is 0 Å². The van der Waals surface area contributed by atoms with Gasteiger partial charge in [-0.05, 0) is 63.9 Å². The van der Waals surface area contributed by atoms with Gasteiger partial charge in [-0.25, -0.2) is 0 Å². The first-order chi connectivity index (χ1) is 13.9. The molecule has 0 bridgehead atoms. The number of nitrogens with zero attached hydrogens (tertiary/aromatic N) is 2. The SMILES string of the molecule is COCC(=O)N1CC2(CCN(Cc3cc(C)cc(C)c3)CC2)c2cc(C)ccc21.